The van der Waals surface area contributed by atoms with Crippen molar-refractivity contribution >= 4 is 39.6 Å². The molecular weight excluding hydrogens is 424 g/mol. The van der Waals surface area contributed by atoms with Crippen LogP contribution in [0.5, 0.6) is 0 Å². The van der Waals surface area contributed by atoms with Gasteiger partial charge in [0.2, 0.25) is 0 Å². The number of thiophene rings is 1. The van der Waals surface area contributed by atoms with E-state index in [1.54, 1.807) is 11.3 Å². The largest absolute Gasteiger partial charge is 0.462 e. The van der Waals surface area contributed by atoms with Crippen molar-refractivity contribution < 1.29 is 9.53 Å². The molecule has 0 radical (unpaired) electrons. The minimum atomic E-state index is -0.269. The van der Waals surface area contributed by atoms with E-state index in [1.807, 2.05) is 43.3 Å². The highest BCUT2D eigenvalue weighted by Gasteiger charge is 2.27. The summed E-state index contributed by atoms with van der Waals surface area (Å²) in [5, 5.41) is 8.03. The van der Waals surface area contributed by atoms with Crippen LogP contribution in [0.15, 0.2) is 60.7 Å². The lowest BCUT2D eigenvalue weighted by atomic mass is 9.95. The fourth-order valence-electron chi connectivity index (χ4n) is 3.99. The van der Waals surface area contributed by atoms with Crippen LogP contribution in [0.1, 0.15) is 57.7 Å². The van der Waals surface area contributed by atoms with Crippen LogP contribution in [0.2, 0.25) is 0 Å². The van der Waals surface area contributed by atoms with Gasteiger partial charge in [-0.3, -0.25) is 0 Å². The maximum absolute atomic E-state index is 12.7. The third kappa shape index (κ3) is 4.97. The van der Waals surface area contributed by atoms with Crippen molar-refractivity contribution in [2.75, 3.05) is 11.9 Å². The number of esters is 1. The summed E-state index contributed by atoms with van der Waals surface area (Å²) in [4.78, 5) is 14.0. The Hall–Kier alpha value is -2.70. The highest BCUT2D eigenvalue weighted by Crippen LogP contribution is 2.38. The first-order valence-electron chi connectivity index (χ1n) is 10.7. The van der Waals surface area contributed by atoms with Gasteiger partial charge in [-0.15, -0.1) is 11.3 Å². The predicted octanol–water partition coefficient (Wildman–Crippen LogP) is 5.88. The Balaban J connectivity index is 1.60. The van der Waals surface area contributed by atoms with Crippen molar-refractivity contribution in [1.29, 1.82) is 0 Å². The quantitative estimate of drug-likeness (QED) is 0.363. The summed E-state index contributed by atoms with van der Waals surface area (Å²) in [6, 6.07) is 20.3. The third-order valence-corrected chi connectivity index (χ3v) is 6.85. The molecule has 0 aliphatic heterocycles. The summed E-state index contributed by atoms with van der Waals surface area (Å²) in [7, 11) is 0. The van der Waals surface area contributed by atoms with E-state index in [1.165, 1.54) is 4.88 Å². The smallest absolute Gasteiger partial charge is 0.341 e. The van der Waals surface area contributed by atoms with Gasteiger partial charge in [0.25, 0.3) is 0 Å². The van der Waals surface area contributed by atoms with Crippen molar-refractivity contribution in [3.63, 3.8) is 0 Å². The van der Waals surface area contributed by atoms with Gasteiger partial charge in [0.15, 0.2) is 5.11 Å². The number of rotatable bonds is 6. The van der Waals surface area contributed by atoms with Crippen molar-refractivity contribution in [1.82, 2.24) is 5.32 Å². The van der Waals surface area contributed by atoms with Crippen molar-refractivity contribution in [3.8, 4) is 0 Å². The molecule has 2 N–H and O–H groups in total. The number of nitrogens with one attached hydrogen (secondary N) is 2. The molecule has 0 amide bonds. The molecule has 0 atom stereocenters. The minimum Gasteiger partial charge on any atom is -0.462 e. The number of hydrogen-bond donors (Lipinski definition) is 2. The van der Waals surface area contributed by atoms with E-state index in [-0.39, 0.29) is 12.0 Å². The molecule has 3 aromatic rings. The maximum atomic E-state index is 12.7. The highest BCUT2D eigenvalue weighted by molar-refractivity contribution is 7.80. The Kier molecular flexibility index (Phi) is 6.99. The van der Waals surface area contributed by atoms with E-state index in [0.29, 0.717) is 17.3 Å². The van der Waals surface area contributed by atoms with Gasteiger partial charge in [0, 0.05) is 4.88 Å². The van der Waals surface area contributed by atoms with Crippen LogP contribution in [0.3, 0.4) is 0 Å². The third-order valence-electron chi connectivity index (χ3n) is 5.42. The summed E-state index contributed by atoms with van der Waals surface area (Å²) in [5.74, 6) is -0.269. The van der Waals surface area contributed by atoms with E-state index < -0.39 is 0 Å². The van der Waals surface area contributed by atoms with E-state index in [2.05, 4.69) is 34.9 Å². The van der Waals surface area contributed by atoms with Crippen molar-refractivity contribution in [3.05, 3.63) is 87.8 Å². The summed E-state index contributed by atoms with van der Waals surface area (Å²) in [6.45, 7) is 2.19. The summed E-state index contributed by atoms with van der Waals surface area (Å²) in [5.41, 5.74) is 4.02. The van der Waals surface area contributed by atoms with Crippen LogP contribution in [0, 0.1) is 0 Å². The highest BCUT2D eigenvalue weighted by atomic mass is 32.1. The molecule has 0 saturated heterocycles. The number of anilines is 1. The monoisotopic (exact) mass is 450 g/mol. The molecule has 0 unspecified atom stereocenters. The number of fused-ring (bicyclic) bond motifs is 1. The molecule has 2 aromatic carbocycles. The zero-order valence-electron chi connectivity index (χ0n) is 17.5. The molecular formula is C25H26N2O2S2. The number of carbonyl (C=O) groups excluding carboxylic acids is 1. The molecule has 1 heterocycles. The Morgan fingerprint density at radius 3 is 2.26 bits per heavy atom. The second-order valence-corrected chi connectivity index (χ2v) is 9.00. The van der Waals surface area contributed by atoms with Gasteiger partial charge in [0.05, 0.1) is 18.2 Å². The van der Waals surface area contributed by atoms with Crippen molar-refractivity contribution in [2.24, 2.45) is 0 Å². The van der Waals surface area contributed by atoms with Crippen molar-refractivity contribution in [2.45, 2.75) is 38.6 Å². The molecule has 1 aliphatic rings. The summed E-state index contributed by atoms with van der Waals surface area (Å²) in [6.07, 6.45) is 4.17. The van der Waals surface area contributed by atoms with Gasteiger partial charge in [-0.1, -0.05) is 60.7 Å². The average molecular weight is 451 g/mol. The molecule has 0 saturated carbocycles. The lowest BCUT2D eigenvalue weighted by Gasteiger charge is -2.22. The number of aryl methyl sites for hydroxylation is 1. The van der Waals surface area contributed by atoms with Gasteiger partial charge in [-0.2, -0.15) is 0 Å². The van der Waals surface area contributed by atoms with Gasteiger partial charge < -0.3 is 15.4 Å². The van der Waals surface area contributed by atoms with Crippen LogP contribution >= 0.6 is 23.6 Å². The second kappa shape index (κ2) is 10.1. The number of ether oxygens (including phenoxy) is 1. The van der Waals surface area contributed by atoms with Gasteiger partial charge in [0.1, 0.15) is 5.00 Å². The summed E-state index contributed by atoms with van der Waals surface area (Å²) < 4.78 is 5.36. The Morgan fingerprint density at radius 2 is 1.65 bits per heavy atom. The lowest BCUT2D eigenvalue weighted by molar-refractivity contribution is 0.0526. The molecule has 4 nitrogen and oxygen atoms in total. The van der Waals surface area contributed by atoms with Crippen LogP contribution in [0.25, 0.3) is 0 Å². The van der Waals surface area contributed by atoms with Crippen LogP contribution in [-0.2, 0) is 17.6 Å². The van der Waals surface area contributed by atoms with Gasteiger partial charge in [-0.25, -0.2) is 4.79 Å². The molecule has 4 rings (SSSR count). The molecule has 0 spiro atoms. The molecule has 0 bridgehead atoms. The van der Waals surface area contributed by atoms with E-state index in [0.717, 1.165) is 47.4 Å². The second-order valence-electron chi connectivity index (χ2n) is 7.49. The van der Waals surface area contributed by atoms with Crippen LogP contribution in [0.4, 0.5) is 5.00 Å². The first-order valence-corrected chi connectivity index (χ1v) is 11.9. The number of hydrogen-bond acceptors (Lipinski definition) is 4. The maximum Gasteiger partial charge on any atom is 0.341 e. The zero-order chi connectivity index (χ0) is 21.6. The van der Waals surface area contributed by atoms with E-state index >= 15 is 0 Å². The lowest BCUT2D eigenvalue weighted by Crippen LogP contribution is -2.33. The molecule has 31 heavy (non-hydrogen) atoms. The summed E-state index contributed by atoms with van der Waals surface area (Å²) >= 11 is 7.32. The number of benzene rings is 2. The van der Waals surface area contributed by atoms with E-state index in [4.69, 9.17) is 17.0 Å². The molecule has 1 aliphatic carbocycles. The predicted molar refractivity (Wildman–Crippen MR) is 131 cm³/mol. The molecule has 6 heteroatoms. The fourth-order valence-corrected chi connectivity index (χ4v) is 5.56. The van der Waals surface area contributed by atoms with Crippen LogP contribution < -0.4 is 10.6 Å². The Bertz CT molecular complexity index is 1010. The fraction of sp³-hybridized carbons (Fsp3) is 0.280. The van der Waals surface area contributed by atoms with E-state index in [9.17, 15) is 4.79 Å². The number of thiocarbonyl (C=S) groups is 1. The first kappa shape index (κ1) is 21.5. The topological polar surface area (TPSA) is 50.4 Å². The normalized spacial score (nSPS) is 12.8. The number of carbonyl (C=O) groups is 1. The molecule has 1 aromatic heterocycles. The molecule has 160 valence electrons. The standard InChI is InChI=1S/C25H26N2O2S2/c1-2-29-24(28)21-19-15-9-10-16-20(19)31-23(21)27-25(30)26-22(17-11-5-3-6-12-17)18-13-7-4-8-14-18/h3-8,11-14,22H,2,9-10,15-16H2,1H3,(H2,26,27,30). The SMILES string of the molecule is CCOC(=O)c1c(NC(=S)NC(c2ccccc2)c2ccccc2)sc2c1CCCC2. The zero-order valence-corrected chi connectivity index (χ0v) is 19.2. The van der Waals surface area contributed by atoms with Gasteiger partial charge in [-0.05, 0) is 61.5 Å². The molecule has 0 fully saturated rings. The Labute approximate surface area is 192 Å². The average Bonchev–Trinajstić information content (AvgIpc) is 3.16. The van der Waals surface area contributed by atoms with Crippen LogP contribution in [-0.4, -0.2) is 17.7 Å². The Morgan fingerprint density at radius 1 is 1.03 bits per heavy atom. The first-order chi connectivity index (χ1) is 15.2. The van der Waals surface area contributed by atoms with Gasteiger partial charge >= 0.3 is 5.97 Å². The minimum absolute atomic E-state index is 0.0944.